The maximum Gasteiger partial charge on any atom is 0.144 e. The lowest BCUT2D eigenvalue weighted by molar-refractivity contribution is 0.342. The van der Waals surface area contributed by atoms with Crippen LogP contribution in [0, 0.1) is 11.3 Å². The molecule has 0 bridgehead atoms. The summed E-state index contributed by atoms with van der Waals surface area (Å²) in [4.78, 5) is 2.17. The van der Waals surface area contributed by atoms with Gasteiger partial charge >= 0.3 is 0 Å². The predicted octanol–water partition coefficient (Wildman–Crippen LogP) is 2.80. The van der Waals surface area contributed by atoms with E-state index in [0.29, 0.717) is 37.1 Å². The molecule has 18 heavy (non-hydrogen) atoms. The fourth-order valence-electron chi connectivity index (χ4n) is 1.84. The smallest absolute Gasteiger partial charge is 0.144 e. The van der Waals surface area contributed by atoms with Crippen LogP contribution in [0.2, 0.25) is 0 Å². The molecule has 4 nitrogen and oxygen atoms in total. The van der Waals surface area contributed by atoms with E-state index in [0.717, 1.165) is 5.69 Å². The van der Waals surface area contributed by atoms with Crippen LogP contribution in [0.4, 0.5) is 11.4 Å². The third kappa shape index (κ3) is 3.56. The zero-order chi connectivity index (χ0) is 13.5. The normalized spacial score (nSPS) is 10.2. The molecule has 1 aromatic rings. The zero-order valence-corrected chi connectivity index (χ0v) is 11.3. The van der Waals surface area contributed by atoms with Gasteiger partial charge in [0, 0.05) is 24.3 Å². The highest BCUT2D eigenvalue weighted by Gasteiger charge is 2.12. The third-order valence-corrected chi connectivity index (χ3v) is 2.72. The van der Waals surface area contributed by atoms with E-state index in [1.54, 1.807) is 0 Å². The molecule has 0 aromatic heterocycles. The number of ether oxygens (including phenoxy) is 1. The van der Waals surface area contributed by atoms with Gasteiger partial charge in [0.15, 0.2) is 0 Å². The monoisotopic (exact) mass is 247 g/mol. The van der Waals surface area contributed by atoms with Crippen molar-refractivity contribution in [2.75, 3.05) is 23.8 Å². The van der Waals surface area contributed by atoms with E-state index < -0.39 is 0 Å². The summed E-state index contributed by atoms with van der Waals surface area (Å²) >= 11 is 0. The van der Waals surface area contributed by atoms with Gasteiger partial charge in [0.05, 0.1) is 24.8 Å². The second kappa shape index (κ2) is 6.75. The van der Waals surface area contributed by atoms with Crippen LogP contribution in [0.25, 0.3) is 0 Å². The Labute approximate surface area is 109 Å². The molecule has 0 heterocycles. The molecule has 0 amide bonds. The van der Waals surface area contributed by atoms with Crippen molar-refractivity contribution in [3.8, 4) is 11.8 Å². The molecule has 0 saturated heterocycles. The maximum atomic E-state index is 8.71. The lowest BCUT2D eigenvalue weighted by Gasteiger charge is -2.28. The van der Waals surface area contributed by atoms with Gasteiger partial charge in [-0.25, -0.2) is 0 Å². The summed E-state index contributed by atoms with van der Waals surface area (Å²) in [6, 6.07) is 8.26. The van der Waals surface area contributed by atoms with Gasteiger partial charge in [-0.05, 0) is 32.9 Å². The zero-order valence-electron chi connectivity index (χ0n) is 11.3. The van der Waals surface area contributed by atoms with Crippen LogP contribution in [0.15, 0.2) is 18.2 Å². The summed E-state index contributed by atoms with van der Waals surface area (Å²) in [5, 5.41) is 8.71. The first-order valence-electron chi connectivity index (χ1n) is 6.26. The van der Waals surface area contributed by atoms with Gasteiger partial charge in [-0.2, -0.15) is 5.26 Å². The quantitative estimate of drug-likeness (QED) is 0.785. The first-order valence-corrected chi connectivity index (χ1v) is 6.26. The van der Waals surface area contributed by atoms with E-state index in [4.69, 9.17) is 15.7 Å². The van der Waals surface area contributed by atoms with Crippen molar-refractivity contribution in [2.24, 2.45) is 0 Å². The topological polar surface area (TPSA) is 62.3 Å². The molecule has 0 aliphatic heterocycles. The summed E-state index contributed by atoms with van der Waals surface area (Å²) in [5.41, 5.74) is 7.54. The molecule has 0 spiro atoms. The number of hydrogen-bond donors (Lipinski definition) is 1. The second-order valence-corrected chi connectivity index (χ2v) is 4.35. The minimum Gasteiger partial charge on any atom is -0.492 e. The van der Waals surface area contributed by atoms with Crippen molar-refractivity contribution < 1.29 is 4.74 Å². The molecular formula is C14H21N3O. The molecule has 0 aliphatic carbocycles. The Hall–Kier alpha value is -1.89. The Morgan fingerprint density at radius 3 is 2.72 bits per heavy atom. The molecule has 0 fully saturated rings. The van der Waals surface area contributed by atoms with Crippen molar-refractivity contribution in [3.63, 3.8) is 0 Å². The second-order valence-electron chi connectivity index (χ2n) is 4.35. The number of nitriles is 1. The molecular weight excluding hydrogens is 226 g/mol. The largest absolute Gasteiger partial charge is 0.492 e. The Kier molecular flexibility index (Phi) is 5.31. The summed E-state index contributed by atoms with van der Waals surface area (Å²) in [6.07, 6.45) is 0.506. The summed E-state index contributed by atoms with van der Waals surface area (Å²) in [7, 11) is 0. The molecule has 0 unspecified atom stereocenters. The number of anilines is 2. The van der Waals surface area contributed by atoms with Crippen LogP contribution in [-0.4, -0.2) is 19.2 Å². The molecule has 1 rings (SSSR count). The average Bonchev–Trinajstić information content (AvgIpc) is 2.33. The minimum atomic E-state index is 0.330. The van der Waals surface area contributed by atoms with Crippen molar-refractivity contribution in [1.82, 2.24) is 0 Å². The molecule has 0 atom stereocenters. The number of rotatable bonds is 6. The average molecular weight is 247 g/mol. The fourth-order valence-corrected chi connectivity index (χ4v) is 1.84. The highest BCUT2D eigenvalue weighted by molar-refractivity contribution is 5.62. The number of nitrogens with two attached hydrogens (primary N) is 1. The predicted molar refractivity (Wildman–Crippen MR) is 74.7 cm³/mol. The molecule has 0 aliphatic rings. The van der Waals surface area contributed by atoms with Crippen LogP contribution in [-0.2, 0) is 0 Å². The standard InChI is InChI=1S/C14H21N3O/c1-4-18-14-10-12(6-7-13(14)16)17(11(2)3)9-5-8-15/h6-7,10-11H,4-5,9,16H2,1-3H3. The van der Waals surface area contributed by atoms with Gasteiger partial charge in [-0.15, -0.1) is 0 Å². The lowest BCUT2D eigenvalue weighted by atomic mass is 10.2. The molecule has 2 N–H and O–H groups in total. The SMILES string of the molecule is CCOc1cc(N(CCC#N)C(C)C)ccc1N. The van der Waals surface area contributed by atoms with Crippen molar-refractivity contribution in [3.05, 3.63) is 18.2 Å². The van der Waals surface area contributed by atoms with Gasteiger partial charge < -0.3 is 15.4 Å². The van der Waals surface area contributed by atoms with Gasteiger partial charge in [-0.1, -0.05) is 0 Å². The third-order valence-electron chi connectivity index (χ3n) is 2.72. The molecule has 98 valence electrons. The van der Waals surface area contributed by atoms with Crippen molar-refractivity contribution in [2.45, 2.75) is 33.2 Å². The Morgan fingerprint density at radius 2 is 2.17 bits per heavy atom. The Balaban J connectivity index is 2.98. The molecule has 1 aromatic carbocycles. The van der Waals surface area contributed by atoms with Gasteiger partial charge in [0.2, 0.25) is 0 Å². The van der Waals surface area contributed by atoms with E-state index in [-0.39, 0.29) is 0 Å². The number of nitrogen functional groups attached to an aromatic ring is 1. The summed E-state index contributed by atoms with van der Waals surface area (Å²) < 4.78 is 5.49. The molecule has 4 heteroatoms. The Morgan fingerprint density at radius 1 is 1.44 bits per heavy atom. The Bertz CT molecular complexity index is 424. The van der Waals surface area contributed by atoms with Crippen molar-refractivity contribution >= 4 is 11.4 Å². The minimum absolute atomic E-state index is 0.330. The van der Waals surface area contributed by atoms with Crippen LogP contribution in [0.1, 0.15) is 27.2 Å². The molecule has 0 radical (unpaired) electrons. The van der Waals surface area contributed by atoms with Crippen LogP contribution >= 0.6 is 0 Å². The van der Waals surface area contributed by atoms with E-state index in [1.807, 2.05) is 25.1 Å². The van der Waals surface area contributed by atoms with Crippen LogP contribution in [0.5, 0.6) is 5.75 Å². The van der Waals surface area contributed by atoms with Gasteiger partial charge in [0.1, 0.15) is 5.75 Å². The van der Waals surface area contributed by atoms with E-state index in [9.17, 15) is 0 Å². The fraction of sp³-hybridized carbons (Fsp3) is 0.500. The summed E-state index contributed by atoms with van der Waals surface area (Å²) in [6.45, 7) is 7.45. The van der Waals surface area contributed by atoms with Crippen molar-refractivity contribution in [1.29, 1.82) is 5.26 Å². The van der Waals surface area contributed by atoms with E-state index in [1.165, 1.54) is 0 Å². The highest BCUT2D eigenvalue weighted by Crippen LogP contribution is 2.28. The molecule has 0 saturated carbocycles. The van der Waals surface area contributed by atoms with E-state index in [2.05, 4.69) is 24.8 Å². The lowest BCUT2D eigenvalue weighted by Crippen LogP contribution is -2.31. The number of hydrogen-bond acceptors (Lipinski definition) is 4. The van der Waals surface area contributed by atoms with Crippen LogP contribution < -0.4 is 15.4 Å². The first kappa shape index (κ1) is 14.2. The highest BCUT2D eigenvalue weighted by atomic mass is 16.5. The number of nitrogens with zero attached hydrogens (tertiary/aromatic N) is 2. The van der Waals surface area contributed by atoms with Crippen LogP contribution in [0.3, 0.4) is 0 Å². The van der Waals surface area contributed by atoms with Gasteiger partial charge in [-0.3, -0.25) is 0 Å². The summed E-state index contributed by atoms with van der Waals surface area (Å²) in [5.74, 6) is 0.706. The van der Waals surface area contributed by atoms with E-state index >= 15 is 0 Å². The maximum absolute atomic E-state index is 8.71. The number of benzene rings is 1. The first-order chi connectivity index (χ1) is 8.60. The van der Waals surface area contributed by atoms with Gasteiger partial charge in [0.25, 0.3) is 0 Å².